The molecule has 2 aromatic rings. The maximum absolute atomic E-state index is 12.5. The van der Waals surface area contributed by atoms with E-state index in [2.05, 4.69) is 17.2 Å². The second-order valence-corrected chi connectivity index (χ2v) is 7.00. The number of aromatic nitrogens is 1. The Morgan fingerprint density at radius 1 is 1.21 bits per heavy atom. The SMILES string of the molecule is CC1CCCN(C(=O)c2ccc(Nc3ccc(Cl)c(Cl)c3)cn2)C1. The van der Waals surface area contributed by atoms with Gasteiger partial charge < -0.3 is 10.2 Å². The minimum Gasteiger partial charge on any atom is -0.354 e. The number of piperidine rings is 1. The molecule has 1 aliphatic rings. The smallest absolute Gasteiger partial charge is 0.272 e. The maximum atomic E-state index is 12.5. The number of amides is 1. The summed E-state index contributed by atoms with van der Waals surface area (Å²) in [5, 5.41) is 4.19. The first kappa shape index (κ1) is 17.1. The van der Waals surface area contributed by atoms with Gasteiger partial charge in [-0.2, -0.15) is 0 Å². The van der Waals surface area contributed by atoms with Gasteiger partial charge in [0.1, 0.15) is 5.69 Å². The molecule has 6 heteroatoms. The summed E-state index contributed by atoms with van der Waals surface area (Å²) in [5.41, 5.74) is 2.08. The van der Waals surface area contributed by atoms with Crippen LogP contribution in [0.5, 0.6) is 0 Å². The van der Waals surface area contributed by atoms with Crippen LogP contribution in [0, 0.1) is 5.92 Å². The third-order valence-electron chi connectivity index (χ3n) is 4.14. The molecule has 24 heavy (non-hydrogen) atoms. The number of anilines is 2. The fraction of sp³-hybridized carbons (Fsp3) is 0.333. The summed E-state index contributed by atoms with van der Waals surface area (Å²) < 4.78 is 0. The third kappa shape index (κ3) is 4.00. The Labute approximate surface area is 151 Å². The quantitative estimate of drug-likeness (QED) is 0.833. The van der Waals surface area contributed by atoms with Crippen LogP contribution < -0.4 is 5.32 Å². The van der Waals surface area contributed by atoms with Gasteiger partial charge in [-0.05, 0) is 49.1 Å². The van der Waals surface area contributed by atoms with Gasteiger partial charge in [0, 0.05) is 18.8 Å². The molecule has 1 fully saturated rings. The van der Waals surface area contributed by atoms with Crippen molar-refractivity contribution >= 4 is 40.5 Å². The van der Waals surface area contributed by atoms with E-state index in [9.17, 15) is 4.79 Å². The molecule has 0 spiro atoms. The summed E-state index contributed by atoms with van der Waals surface area (Å²) in [6, 6.07) is 8.91. The van der Waals surface area contributed by atoms with Gasteiger partial charge in [0.2, 0.25) is 0 Å². The summed E-state index contributed by atoms with van der Waals surface area (Å²) in [4.78, 5) is 18.7. The largest absolute Gasteiger partial charge is 0.354 e. The summed E-state index contributed by atoms with van der Waals surface area (Å²) in [5.74, 6) is 0.556. The summed E-state index contributed by atoms with van der Waals surface area (Å²) >= 11 is 11.9. The van der Waals surface area contributed by atoms with E-state index in [1.165, 1.54) is 6.42 Å². The van der Waals surface area contributed by atoms with Crippen molar-refractivity contribution < 1.29 is 4.79 Å². The van der Waals surface area contributed by atoms with Crippen LogP contribution >= 0.6 is 23.2 Å². The molecule has 1 amide bonds. The van der Waals surface area contributed by atoms with E-state index in [0.717, 1.165) is 30.9 Å². The number of carbonyl (C=O) groups excluding carboxylic acids is 1. The zero-order valence-electron chi connectivity index (χ0n) is 13.4. The standard InChI is InChI=1S/C18H19Cl2N3O/c1-12-3-2-8-23(11-12)18(24)17-7-5-14(10-21-17)22-13-4-6-15(19)16(20)9-13/h4-7,9-10,12,22H,2-3,8,11H2,1H3. The monoisotopic (exact) mass is 363 g/mol. The summed E-state index contributed by atoms with van der Waals surface area (Å²) in [6.45, 7) is 3.80. The van der Waals surface area contributed by atoms with Crippen molar-refractivity contribution in [2.24, 2.45) is 5.92 Å². The molecular weight excluding hydrogens is 345 g/mol. The fourth-order valence-electron chi connectivity index (χ4n) is 2.87. The molecule has 0 bridgehead atoms. The molecule has 1 aromatic carbocycles. The number of hydrogen-bond donors (Lipinski definition) is 1. The van der Waals surface area contributed by atoms with E-state index in [0.29, 0.717) is 21.7 Å². The first-order valence-electron chi connectivity index (χ1n) is 8.00. The van der Waals surface area contributed by atoms with Gasteiger partial charge in [0.25, 0.3) is 5.91 Å². The molecule has 1 unspecified atom stereocenters. The molecule has 126 valence electrons. The Kier molecular flexibility index (Phi) is 5.27. The van der Waals surface area contributed by atoms with Crippen molar-refractivity contribution in [1.29, 1.82) is 0 Å². The van der Waals surface area contributed by atoms with E-state index in [1.807, 2.05) is 17.0 Å². The van der Waals surface area contributed by atoms with Gasteiger partial charge in [-0.25, -0.2) is 4.98 Å². The van der Waals surface area contributed by atoms with Crippen LogP contribution in [0.4, 0.5) is 11.4 Å². The van der Waals surface area contributed by atoms with Crippen molar-refractivity contribution in [3.05, 3.63) is 52.3 Å². The predicted octanol–water partition coefficient (Wildman–Crippen LogP) is 5.00. The lowest BCUT2D eigenvalue weighted by molar-refractivity contribution is 0.0677. The molecular formula is C18H19Cl2N3O. The van der Waals surface area contributed by atoms with Crippen LogP contribution in [-0.2, 0) is 0 Å². The van der Waals surface area contributed by atoms with Crippen molar-refractivity contribution in [3.8, 4) is 0 Å². The van der Waals surface area contributed by atoms with Crippen molar-refractivity contribution in [3.63, 3.8) is 0 Å². The molecule has 1 aromatic heterocycles. The molecule has 4 nitrogen and oxygen atoms in total. The van der Waals surface area contributed by atoms with Crippen molar-refractivity contribution in [1.82, 2.24) is 9.88 Å². The number of pyridine rings is 1. The average molecular weight is 364 g/mol. The highest BCUT2D eigenvalue weighted by atomic mass is 35.5. The van der Waals surface area contributed by atoms with Crippen LogP contribution in [0.15, 0.2) is 36.5 Å². The minimum absolute atomic E-state index is 0.00244. The van der Waals surface area contributed by atoms with Gasteiger partial charge in [-0.15, -0.1) is 0 Å². The van der Waals surface area contributed by atoms with Crippen LogP contribution in [0.3, 0.4) is 0 Å². The summed E-state index contributed by atoms with van der Waals surface area (Å²) in [7, 11) is 0. The number of hydrogen-bond acceptors (Lipinski definition) is 3. The average Bonchev–Trinajstić information content (AvgIpc) is 2.58. The van der Waals surface area contributed by atoms with Gasteiger partial charge in [-0.3, -0.25) is 4.79 Å². The Hall–Kier alpha value is -1.78. The lowest BCUT2D eigenvalue weighted by Crippen LogP contribution is -2.39. The van der Waals surface area contributed by atoms with Crippen LogP contribution in [0.25, 0.3) is 0 Å². The number of rotatable bonds is 3. The molecule has 0 radical (unpaired) electrons. The van der Waals surface area contributed by atoms with Gasteiger partial charge >= 0.3 is 0 Å². The number of likely N-dealkylation sites (tertiary alicyclic amines) is 1. The van der Waals surface area contributed by atoms with E-state index in [1.54, 1.807) is 24.4 Å². The first-order chi connectivity index (χ1) is 11.5. The van der Waals surface area contributed by atoms with E-state index in [-0.39, 0.29) is 5.91 Å². The lowest BCUT2D eigenvalue weighted by atomic mass is 10.00. The second-order valence-electron chi connectivity index (χ2n) is 6.18. The zero-order chi connectivity index (χ0) is 17.1. The highest BCUT2D eigenvalue weighted by molar-refractivity contribution is 6.42. The van der Waals surface area contributed by atoms with Crippen molar-refractivity contribution in [2.45, 2.75) is 19.8 Å². The van der Waals surface area contributed by atoms with Crippen LogP contribution in [0.1, 0.15) is 30.3 Å². The van der Waals surface area contributed by atoms with Gasteiger partial charge in [0.05, 0.1) is 21.9 Å². The molecule has 0 aliphatic carbocycles. The Morgan fingerprint density at radius 3 is 2.67 bits per heavy atom. The normalized spacial score (nSPS) is 17.6. The van der Waals surface area contributed by atoms with Crippen LogP contribution in [-0.4, -0.2) is 28.9 Å². The molecule has 1 N–H and O–H groups in total. The fourth-order valence-corrected chi connectivity index (χ4v) is 3.17. The molecule has 0 saturated carbocycles. The molecule has 3 rings (SSSR count). The molecule has 2 heterocycles. The van der Waals surface area contributed by atoms with E-state index < -0.39 is 0 Å². The van der Waals surface area contributed by atoms with Gasteiger partial charge in [0.15, 0.2) is 0 Å². The number of nitrogens with zero attached hydrogens (tertiary/aromatic N) is 2. The molecule has 1 aliphatic heterocycles. The molecule has 1 saturated heterocycles. The van der Waals surface area contributed by atoms with E-state index in [4.69, 9.17) is 23.2 Å². The second kappa shape index (κ2) is 7.41. The Morgan fingerprint density at radius 2 is 2.00 bits per heavy atom. The topological polar surface area (TPSA) is 45.2 Å². The van der Waals surface area contributed by atoms with Crippen LogP contribution in [0.2, 0.25) is 10.0 Å². The van der Waals surface area contributed by atoms with E-state index >= 15 is 0 Å². The number of nitrogens with one attached hydrogen (secondary N) is 1. The highest BCUT2D eigenvalue weighted by Crippen LogP contribution is 2.27. The number of carbonyl (C=O) groups is 1. The number of halogens is 2. The highest BCUT2D eigenvalue weighted by Gasteiger charge is 2.22. The molecule has 1 atom stereocenters. The predicted molar refractivity (Wildman–Crippen MR) is 98.3 cm³/mol. The minimum atomic E-state index is 0.00244. The first-order valence-corrected chi connectivity index (χ1v) is 8.76. The third-order valence-corrected chi connectivity index (χ3v) is 4.87. The summed E-state index contributed by atoms with van der Waals surface area (Å²) in [6.07, 6.45) is 3.90. The zero-order valence-corrected chi connectivity index (χ0v) is 14.9. The number of benzene rings is 1. The van der Waals surface area contributed by atoms with Gasteiger partial charge in [-0.1, -0.05) is 30.1 Å². The lowest BCUT2D eigenvalue weighted by Gasteiger charge is -2.30. The maximum Gasteiger partial charge on any atom is 0.272 e. The van der Waals surface area contributed by atoms with Crippen molar-refractivity contribution in [2.75, 3.05) is 18.4 Å². The Balaban J connectivity index is 1.68. The Bertz CT molecular complexity index is 734.